The van der Waals surface area contributed by atoms with Crippen LogP contribution in [0.1, 0.15) is 5.56 Å². The maximum Gasteiger partial charge on any atom is 0.324 e. The van der Waals surface area contributed by atoms with Crippen LogP contribution in [0.5, 0.6) is 0 Å². The molecule has 1 aromatic carbocycles. The Morgan fingerprint density at radius 1 is 1.33 bits per heavy atom. The molecule has 0 aliphatic carbocycles. The molecule has 2 aromatic rings. The zero-order chi connectivity index (χ0) is 17.9. The standard InChI is InChI=1S/C14H12Cl2FNO4S2/c1-22-14(19)10(6-8-2-4-9(17)5-3-8)18-24(20,21)11-7-12(15)23-13(11)16/h2-5,7,10,18H,6H2,1H3. The number of esters is 1. The van der Waals surface area contributed by atoms with Crippen LogP contribution in [-0.4, -0.2) is 27.5 Å². The molecule has 0 bridgehead atoms. The first-order chi connectivity index (χ1) is 11.2. The van der Waals surface area contributed by atoms with Gasteiger partial charge in [0.2, 0.25) is 10.0 Å². The molecule has 0 fully saturated rings. The Balaban J connectivity index is 2.27. The predicted molar refractivity (Wildman–Crippen MR) is 90.6 cm³/mol. The molecule has 10 heteroatoms. The maximum absolute atomic E-state index is 13.0. The highest BCUT2D eigenvalue weighted by atomic mass is 35.5. The van der Waals surface area contributed by atoms with Crippen molar-refractivity contribution in [2.45, 2.75) is 17.4 Å². The molecule has 0 amide bonds. The number of hydrogen-bond donors (Lipinski definition) is 1. The van der Waals surface area contributed by atoms with Gasteiger partial charge in [-0.05, 0) is 30.2 Å². The summed E-state index contributed by atoms with van der Waals surface area (Å²) in [4.78, 5) is 11.7. The zero-order valence-electron chi connectivity index (χ0n) is 12.3. The van der Waals surface area contributed by atoms with E-state index in [1.54, 1.807) is 0 Å². The van der Waals surface area contributed by atoms with Crippen molar-refractivity contribution < 1.29 is 22.3 Å². The second-order valence-electron chi connectivity index (χ2n) is 4.72. The second kappa shape index (κ2) is 7.79. The summed E-state index contributed by atoms with van der Waals surface area (Å²) in [6, 6.07) is 5.34. The van der Waals surface area contributed by atoms with Gasteiger partial charge in [-0.3, -0.25) is 4.79 Å². The highest BCUT2D eigenvalue weighted by Gasteiger charge is 2.29. The third-order valence-electron chi connectivity index (χ3n) is 3.05. The van der Waals surface area contributed by atoms with Crippen LogP contribution in [0.2, 0.25) is 8.67 Å². The van der Waals surface area contributed by atoms with Gasteiger partial charge >= 0.3 is 5.97 Å². The van der Waals surface area contributed by atoms with Crippen molar-refractivity contribution >= 4 is 50.5 Å². The molecule has 0 saturated carbocycles. The largest absolute Gasteiger partial charge is 0.468 e. The number of benzene rings is 1. The number of sulfonamides is 1. The van der Waals surface area contributed by atoms with Crippen molar-refractivity contribution in [3.8, 4) is 0 Å². The Bertz CT molecular complexity index is 837. The first-order valence-corrected chi connectivity index (χ1v) is 9.58. The van der Waals surface area contributed by atoms with Gasteiger partial charge < -0.3 is 4.74 Å². The smallest absolute Gasteiger partial charge is 0.324 e. The first kappa shape index (κ1) is 19.1. The van der Waals surface area contributed by atoms with E-state index in [2.05, 4.69) is 9.46 Å². The van der Waals surface area contributed by atoms with Crippen molar-refractivity contribution in [2.75, 3.05) is 7.11 Å². The number of nitrogens with one attached hydrogen (secondary N) is 1. The molecule has 2 rings (SSSR count). The lowest BCUT2D eigenvalue weighted by Gasteiger charge is -2.16. The lowest BCUT2D eigenvalue weighted by atomic mass is 10.1. The first-order valence-electron chi connectivity index (χ1n) is 6.52. The van der Waals surface area contributed by atoms with E-state index in [1.807, 2.05) is 0 Å². The highest BCUT2D eigenvalue weighted by Crippen LogP contribution is 2.34. The molecule has 1 aromatic heterocycles. The zero-order valence-corrected chi connectivity index (χ0v) is 15.4. The quantitative estimate of drug-likeness (QED) is 0.740. The fraction of sp³-hybridized carbons (Fsp3) is 0.214. The van der Waals surface area contributed by atoms with Gasteiger partial charge in [-0.2, -0.15) is 4.72 Å². The number of thiophene rings is 1. The molecule has 1 unspecified atom stereocenters. The lowest BCUT2D eigenvalue weighted by molar-refractivity contribution is -0.142. The number of ether oxygens (including phenoxy) is 1. The number of methoxy groups -OCH3 is 1. The predicted octanol–water partition coefficient (Wildman–Crippen LogP) is 3.26. The maximum atomic E-state index is 13.0. The SMILES string of the molecule is COC(=O)C(Cc1ccc(F)cc1)NS(=O)(=O)c1cc(Cl)sc1Cl. The molecule has 1 N–H and O–H groups in total. The van der Waals surface area contributed by atoms with Crippen LogP contribution in [0, 0.1) is 5.82 Å². The number of hydrogen-bond acceptors (Lipinski definition) is 5. The summed E-state index contributed by atoms with van der Waals surface area (Å²) < 4.78 is 44.9. The van der Waals surface area contributed by atoms with Gasteiger partial charge in [0.05, 0.1) is 11.4 Å². The van der Waals surface area contributed by atoms with Crippen LogP contribution < -0.4 is 4.72 Å². The number of carbonyl (C=O) groups excluding carboxylic acids is 1. The van der Waals surface area contributed by atoms with E-state index in [1.165, 1.54) is 30.3 Å². The molecule has 1 heterocycles. The van der Waals surface area contributed by atoms with Gasteiger partial charge in [0.15, 0.2) is 0 Å². The number of halogens is 3. The Kier molecular flexibility index (Phi) is 6.22. The molecule has 0 radical (unpaired) electrons. The second-order valence-corrected chi connectivity index (χ2v) is 8.68. The van der Waals surface area contributed by atoms with E-state index in [0.29, 0.717) is 5.56 Å². The minimum Gasteiger partial charge on any atom is -0.468 e. The van der Waals surface area contributed by atoms with Crippen LogP contribution in [0.3, 0.4) is 0 Å². The van der Waals surface area contributed by atoms with E-state index >= 15 is 0 Å². The topological polar surface area (TPSA) is 72.5 Å². The number of carbonyl (C=O) groups is 1. The van der Waals surface area contributed by atoms with E-state index in [-0.39, 0.29) is 20.0 Å². The van der Waals surface area contributed by atoms with Gasteiger partial charge in [0, 0.05) is 0 Å². The Morgan fingerprint density at radius 3 is 2.46 bits per heavy atom. The third-order valence-corrected chi connectivity index (χ3v) is 6.28. The van der Waals surface area contributed by atoms with Crippen molar-refractivity contribution in [3.05, 3.63) is 50.4 Å². The van der Waals surface area contributed by atoms with Crippen molar-refractivity contribution in [3.63, 3.8) is 0 Å². The molecule has 130 valence electrons. The van der Waals surface area contributed by atoms with Crippen LogP contribution in [0.4, 0.5) is 4.39 Å². The minimum atomic E-state index is -4.08. The normalized spacial score (nSPS) is 12.8. The van der Waals surface area contributed by atoms with Gasteiger partial charge in [-0.25, -0.2) is 12.8 Å². The van der Waals surface area contributed by atoms with E-state index in [0.717, 1.165) is 18.4 Å². The molecule has 0 spiro atoms. The molecular formula is C14H12Cl2FNO4S2. The summed E-state index contributed by atoms with van der Waals surface area (Å²) in [5.41, 5.74) is 0.559. The van der Waals surface area contributed by atoms with E-state index in [4.69, 9.17) is 23.2 Å². The average molecular weight is 412 g/mol. The minimum absolute atomic E-state index is 0.0122. The molecule has 5 nitrogen and oxygen atoms in total. The van der Waals surface area contributed by atoms with Crippen molar-refractivity contribution in [1.82, 2.24) is 4.72 Å². The Morgan fingerprint density at radius 2 is 1.96 bits per heavy atom. The van der Waals surface area contributed by atoms with Crippen LogP contribution in [-0.2, 0) is 26.0 Å². The lowest BCUT2D eigenvalue weighted by Crippen LogP contribution is -2.42. The van der Waals surface area contributed by atoms with Crippen molar-refractivity contribution in [2.24, 2.45) is 0 Å². The van der Waals surface area contributed by atoms with Crippen LogP contribution >= 0.6 is 34.5 Å². The fourth-order valence-electron chi connectivity index (χ4n) is 1.93. The van der Waals surface area contributed by atoms with E-state index in [9.17, 15) is 17.6 Å². The summed E-state index contributed by atoms with van der Waals surface area (Å²) in [5.74, 6) is -1.21. The van der Waals surface area contributed by atoms with Crippen LogP contribution in [0.25, 0.3) is 0 Å². The molecule has 0 aliphatic heterocycles. The summed E-state index contributed by atoms with van der Waals surface area (Å²) >= 11 is 12.5. The highest BCUT2D eigenvalue weighted by molar-refractivity contribution is 7.89. The van der Waals surface area contributed by atoms with Gasteiger partial charge in [-0.15, -0.1) is 11.3 Å². The molecule has 0 saturated heterocycles. The molecular weight excluding hydrogens is 400 g/mol. The summed E-state index contributed by atoms with van der Waals surface area (Å²) in [7, 11) is -2.94. The Labute approximate surface area is 152 Å². The summed E-state index contributed by atoms with van der Waals surface area (Å²) in [6.07, 6.45) is -0.0122. The van der Waals surface area contributed by atoms with Gasteiger partial charge in [0.25, 0.3) is 0 Å². The summed E-state index contributed by atoms with van der Waals surface area (Å²) in [6.45, 7) is 0. The fourth-order valence-corrected chi connectivity index (χ4v) is 5.26. The monoisotopic (exact) mass is 411 g/mol. The Hall–Kier alpha value is -1.19. The third kappa shape index (κ3) is 4.67. The molecule has 1 atom stereocenters. The van der Waals surface area contributed by atoms with Crippen molar-refractivity contribution in [1.29, 1.82) is 0 Å². The molecule has 24 heavy (non-hydrogen) atoms. The van der Waals surface area contributed by atoms with Gasteiger partial charge in [-0.1, -0.05) is 35.3 Å². The van der Waals surface area contributed by atoms with E-state index < -0.39 is 27.9 Å². The summed E-state index contributed by atoms with van der Waals surface area (Å²) in [5, 5.41) is 0. The average Bonchev–Trinajstić information content (AvgIpc) is 2.87. The number of rotatable bonds is 6. The van der Waals surface area contributed by atoms with Gasteiger partial charge in [0.1, 0.15) is 21.1 Å². The molecule has 0 aliphatic rings. The van der Waals surface area contributed by atoms with Crippen LogP contribution in [0.15, 0.2) is 35.2 Å².